The summed E-state index contributed by atoms with van der Waals surface area (Å²) < 4.78 is 25.3. The van der Waals surface area contributed by atoms with Gasteiger partial charge >= 0.3 is 6.03 Å². The van der Waals surface area contributed by atoms with Gasteiger partial charge in [-0.1, -0.05) is 37.1 Å². The van der Waals surface area contributed by atoms with Crippen molar-refractivity contribution in [3.63, 3.8) is 0 Å². The number of urea groups is 1. The van der Waals surface area contributed by atoms with Crippen LogP contribution in [0.1, 0.15) is 36.8 Å². The van der Waals surface area contributed by atoms with E-state index in [1.165, 1.54) is 19.9 Å². The van der Waals surface area contributed by atoms with Crippen LogP contribution < -0.4 is 10.0 Å². The van der Waals surface area contributed by atoms with Crippen LogP contribution in [0.4, 0.5) is 4.79 Å². The van der Waals surface area contributed by atoms with Gasteiger partial charge in [-0.05, 0) is 31.0 Å². The minimum atomic E-state index is -3.26. The normalized spacial score (nSPS) is 16.0. The molecule has 0 atom stereocenters. The molecule has 7 heteroatoms. The Hall–Kier alpha value is -1.60. The van der Waals surface area contributed by atoms with E-state index < -0.39 is 10.0 Å². The van der Waals surface area contributed by atoms with Gasteiger partial charge in [0.15, 0.2) is 0 Å². The van der Waals surface area contributed by atoms with Gasteiger partial charge in [-0.2, -0.15) is 0 Å². The van der Waals surface area contributed by atoms with Crippen molar-refractivity contribution >= 4 is 16.1 Å². The van der Waals surface area contributed by atoms with Gasteiger partial charge in [0.1, 0.15) is 0 Å². The van der Waals surface area contributed by atoms with Gasteiger partial charge in [-0.15, -0.1) is 0 Å². The zero-order valence-corrected chi connectivity index (χ0v) is 14.4. The molecule has 1 aliphatic heterocycles. The molecule has 2 rings (SSSR count). The number of likely N-dealkylation sites (tertiary alicyclic amines) is 1. The Balaban J connectivity index is 1.85. The van der Waals surface area contributed by atoms with Crippen LogP contribution in [0.3, 0.4) is 0 Å². The van der Waals surface area contributed by atoms with Crippen molar-refractivity contribution in [2.24, 2.45) is 0 Å². The number of nitrogens with zero attached hydrogens (tertiary/aromatic N) is 1. The second-order valence-electron chi connectivity index (χ2n) is 5.84. The largest absolute Gasteiger partial charge is 0.334 e. The van der Waals surface area contributed by atoms with Crippen LogP contribution in [0.15, 0.2) is 24.3 Å². The summed E-state index contributed by atoms with van der Waals surface area (Å²) in [5.74, 6) is -0.0378. The molecule has 1 fully saturated rings. The van der Waals surface area contributed by atoms with Crippen molar-refractivity contribution in [3.05, 3.63) is 35.4 Å². The Morgan fingerprint density at radius 1 is 1.04 bits per heavy atom. The molecule has 23 heavy (non-hydrogen) atoms. The summed E-state index contributed by atoms with van der Waals surface area (Å²) in [4.78, 5) is 14.0. The molecule has 2 amide bonds. The third kappa shape index (κ3) is 5.84. The Morgan fingerprint density at radius 2 is 1.61 bits per heavy atom. The number of carbonyl (C=O) groups excluding carboxylic acids is 1. The van der Waals surface area contributed by atoms with E-state index in [1.54, 1.807) is 12.1 Å². The molecule has 1 aromatic carbocycles. The smallest absolute Gasteiger partial charge is 0.317 e. The Labute approximate surface area is 138 Å². The second-order valence-corrected chi connectivity index (χ2v) is 7.77. The van der Waals surface area contributed by atoms with Crippen LogP contribution in [-0.2, 0) is 22.3 Å². The van der Waals surface area contributed by atoms with E-state index in [1.807, 2.05) is 17.0 Å². The zero-order chi connectivity index (χ0) is 16.7. The van der Waals surface area contributed by atoms with Gasteiger partial charge in [0.2, 0.25) is 10.0 Å². The fraction of sp³-hybridized carbons (Fsp3) is 0.562. The van der Waals surface area contributed by atoms with Crippen molar-refractivity contribution in [2.45, 2.75) is 38.0 Å². The SMILES string of the molecule is CNS(=O)(=O)Cc1ccc(CNC(=O)N2CCCCCC2)cc1. The Morgan fingerprint density at radius 3 is 2.17 bits per heavy atom. The lowest BCUT2D eigenvalue weighted by Gasteiger charge is -2.20. The summed E-state index contributed by atoms with van der Waals surface area (Å²) in [5, 5.41) is 2.93. The summed E-state index contributed by atoms with van der Waals surface area (Å²) in [7, 11) is -1.85. The van der Waals surface area contributed by atoms with Gasteiger partial charge in [0, 0.05) is 19.6 Å². The molecular weight excluding hydrogens is 314 g/mol. The average molecular weight is 339 g/mol. The quantitative estimate of drug-likeness (QED) is 0.859. The lowest BCUT2D eigenvalue weighted by Crippen LogP contribution is -2.40. The first-order valence-electron chi connectivity index (χ1n) is 8.02. The van der Waals surface area contributed by atoms with Crippen molar-refractivity contribution in [1.82, 2.24) is 14.9 Å². The van der Waals surface area contributed by atoms with Crippen LogP contribution in [-0.4, -0.2) is 39.5 Å². The van der Waals surface area contributed by atoms with E-state index in [0.29, 0.717) is 6.54 Å². The molecule has 2 N–H and O–H groups in total. The fourth-order valence-corrected chi connectivity index (χ4v) is 3.38. The first-order valence-corrected chi connectivity index (χ1v) is 9.67. The van der Waals surface area contributed by atoms with E-state index in [4.69, 9.17) is 0 Å². The van der Waals surface area contributed by atoms with Gasteiger partial charge < -0.3 is 10.2 Å². The van der Waals surface area contributed by atoms with E-state index >= 15 is 0 Å². The summed E-state index contributed by atoms with van der Waals surface area (Å²) in [5.41, 5.74) is 1.68. The molecule has 1 aromatic rings. The molecule has 6 nitrogen and oxygen atoms in total. The summed E-state index contributed by atoms with van der Waals surface area (Å²) in [6.45, 7) is 2.10. The topological polar surface area (TPSA) is 78.5 Å². The number of hydrogen-bond acceptors (Lipinski definition) is 3. The number of nitrogens with one attached hydrogen (secondary N) is 2. The van der Waals surface area contributed by atoms with E-state index in [9.17, 15) is 13.2 Å². The van der Waals surface area contributed by atoms with Crippen LogP contribution >= 0.6 is 0 Å². The monoisotopic (exact) mass is 339 g/mol. The lowest BCUT2D eigenvalue weighted by molar-refractivity contribution is 0.199. The van der Waals surface area contributed by atoms with E-state index in [2.05, 4.69) is 10.0 Å². The highest BCUT2D eigenvalue weighted by atomic mass is 32.2. The maximum absolute atomic E-state index is 12.1. The highest BCUT2D eigenvalue weighted by Crippen LogP contribution is 2.11. The highest BCUT2D eigenvalue weighted by molar-refractivity contribution is 7.88. The molecule has 0 spiro atoms. The van der Waals surface area contributed by atoms with Crippen LogP contribution in [0.25, 0.3) is 0 Å². The molecular formula is C16H25N3O3S. The van der Waals surface area contributed by atoms with Gasteiger partial charge in [-0.3, -0.25) is 0 Å². The minimum absolute atomic E-state index is 0.0197. The molecule has 1 heterocycles. The molecule has 128 valence electrons. The van der Waals surface area contributed by atoms with Crippen molar-refractivity contribution < 1.29 is 13.2 Å². The van der Waals surface area contributed by atoms with Crippen molar-refractivity contribution in [2.75, 3.05) is 20.1 Å². The van der Waals surface area contributed by atoms with E-state index in [-0.39, 0.29) is 11.8 Å². The molecule has 1 aliphatic rings. The van der Waals surface area contributed by atoms with Gasteiger partial charge in [0.25, 0.3) is 0 Å². The second kappa shape index (κ2) is 8.31. The molecule has 0 aromatic heterocycles. The third-order valence-corrected chi connectivity index (χ3v) is 5.36. The average Bonchev–Trinajstić information content (AvgIpc) is 2.83. The van der Waals surface area contributed by atoms with Crippen LogP contribution in [0, 0.1) is 0 Å². The first-order chi connectivity index (χ1) is 11.0. The minimum Gasteiger partial charge on any atom is -0.334 e. The van der Waals surface area contributed by atoms with Gasteiger partial charge in [0.05, 0.1) is 5.75 Å². The summed E-state index contributed by atoms with van der Waals surface area (Å²) in [6.07, 6.45) is 4.53. The number of sulfonamides is 1. The van der Waals surface area contributed by atoms with Gasteiger partial charge in [-0.25, -0.2) is 17.9 Å². The highest BCUT2D eigenvalue weighted by Gasteiger charge is 2.14. The third-order valence-electron chi connectivity index (χ3n) is 4.03. The van der Waals surface area contributed by atoms with Crippen molar-refractivity contribution in [3.8, 4) is 0 Å². The number of carbonyl (C=O) groups is 1. The maximum atomic E-state index is 12.1. The Bertz CT molecular complexity index is 606. The molecule has 0 unspecified atom stereocenters. The Kier molecular flexibility index (Phi) is 6.41. The summed E-state index contributed by atoms with van der Waals surface area (Å²) in [6, 6.07) is 7.24. The molecule has 0 bridgehead atoms. The summed E-state index contributed by atoms with van der Waals surface area (Å²) >= 11 is 0. The predicted molar refractivity (Wildman–Crippen MR) is 90.4 cm³/mol. The van der Waals surface area contributed by atoms with Crippen LogP contribution in [0.2, 0.25) is 0 Å². The number of amides is 2. The number of benzene rings is 1. The first kappa shape index (κ1) is 17.7. The lowest BCUT2D eigenvalue weighted by atomic mass is 10.1. The fourth-order valence-electron chi connectivity index (χ4n) is 2.61. The standard InChI is InChI=1S/C16H25N3O3S/c1-17-23(21,22)13-15-8-6-14(7-9-15)12-18-16(20)19-10-4-2-3-5-11-19/h6-9,17H,2-5,10-13H2,1H3,(H,18,20). The molecule has 1 saturated heterocycles. The number of rotatable bonds is 5. The van der Waals surface area contributed by atoms with Crippen molar-refractivity contribution in [1.29, 1.82) is 0 Å². The molecule has 0 radical (unpaired) electrons. The number of hydrogen-bond donors (Lipinski definition) is 2. The molecule has 0 aliphatic carbocycles. The van der Waals surface area contributed by atoms with Crippen LogP contribution in [0.5, 0.6) is 0 Å². The maximum Gasteiger partial charge on any atom is 0.317 e. The molecule has 0 saturated carbocycles. The predicted octanol–water partition coefficient (Wildman–Crippen LogP) is 1.82. The zero-order valence-electron chi connectivity index (χ0n) is 13.5. The van der Waals surface area contributed by atoms with E-state index in [0.717, 1.165) is 37.1 Å².